The summed E-state index contributed by atoms with van der Waals surface area (Å²) in [5.74, 6) is -5.84. The van der Waals surface area contributed by atoms with E-state index in [0.717, 1.165) is 26.3 Å². The number of furan rings is 1. The first kappa shape index (κ1) is 17.3. The Bertz CT molecular complexity index is 479. The van der Waals surface area contributed by atoms with Gasteiger partial charge in [-0.1, -0.05) is 0 Å². The number of methoxy groups -OCH3 is 1. The number of nitrogens with one attached hydrogen (secondary N) is 1. The first-order valence-electron chi connectivity index (χ1n) is 5.51. The average Bonchev–Trinajstić information content (AvgIpc) is 2.80. The molecule has 0 aliphatic carbocycles. The Morgan fingerprint density at radius 1 is 1.19 bits per heavy atom. The molecule has 1 unspecified atom stereocenters. The predicted molar refractivity (Wildman–Crippen MR) is 57.4 cm³/mol. The van der Waals surface area contributed by atoms with Crippen LogP contribution in [-0.4, -0.2) is 32.5 Å². The molecule has 0 amide bonds. The highest BCUT2D eigenvalue weighted by Crippen LogP contribution is 2.46. The first-order chi connectivity index (χ1) is 9.52. The van der Waals surface area contributed by atoms with Crippen LogP contribution < -0.4 is 5.32 Å². The molecule has 1 heterocycles. The largest absolute Gasteiger partial charge is 0.463 e. The molecule has 10 heteroatoms. The third-order valence-corrected chi connectivity index (χ3v) is 2.67. The van der Waals surface area contributed by atoms with Crippen molar-refractivity contribution in [1.82, 2.24) is 5.32 Å². The minimum atomic E-state index is -5.54. The summed E-state index contributed by atoms with van der Waals surface area (Å²) in [6.07, 6.45) is -11.1. The van der Waals surface area contributed by atoms with Gasteiger partial charge in [-0.15, -0.1) is 0 Å². The molecule has 0 saturated carbocycles. The Morgan fingerprint density at radius 2 is 1.71 bits per heavy atom. The number of ether oxygens (including phenoxy) is 1. The Balaban J connectivity index is 3.21. The van der Waals surface area contributed by atoms with Gasteiger partial charge in [-0.3, -0.25) is 0 Å². The number of halogens is 6. The lowest BCUT2D eigenvalue weighted by molar-refractivity contribution is -0.293. The second-order valence-electron chi connectivity index (χ2n) is 4.02. The monoisotopic (exact) mass is 319 g/mol. The summed E-state index contributed by atoms with van der Waals surface area (Å²) in [4.78, 5) is 11.1. The van der Waals surface area contributed by atoms with Crippen LogP contribution in [0.2, 0.25) is 0 Å². The molecule has 0 aliphatic rings. The predicted octanol–water partition coefficient (Wildman–Crippen LogP) is 3.07. The highest BCUT2D eigenvalue weighted by molar-refractivity contribution is 5.86. The maximum absolute atomic E-state index is 12.7. The summed E-state index contributed by atoms with van der Waals surface area (Å²) >= 11 is 0. The molecule has 21 heavy (non-hydrogen) atoms. The zero-order valence-electron chi connectivity index (χ0n) is 10.8. The smallest absolute Gasteiger partial charge is 0.402 e. The van der Waals surface area contributed by atoms with Gasteiger partial charge in [0.25, 0.3) is 0 Å². The molecule has 1 N–H and O–H groups in total. The summed E-state index contributed by atoms with van der Waals surface area (Å²) in [6.45, 7) is 0. The van der Waals surface area contributed by atoms with Gasteiger partial charge < -0.3 is 14.5 Å². The average molecular weight is 319 g/mol. The van der Waals surface area contributed by atoms with Crippen molar-refractivity contribution in [2.45, 2.75) is 18.4 Å². The van der Waals surface area contributed by atoms with E-state index in [4.69, 9.17) is 4.42 Å². The molecule has 0 aromatic carbocycles. The lowest BCUT2D eigenvalue weighted by Gasteiger charge is -2.29. The van der Waals surface area contributed by atoms with Crippen LogP contribution in [0.1, 0.15) is 22.4 Å². The molecular formula is C11H11F6NO3. The van der Waals surface area contributed by atoms with Crippen molar-refractivity contribution in [2.24, 2.45) is 5.92 Å². The van der Waals surface area contributed by atoms with Crippen molar-refractivity contribution in [3.8, 4) is 0 Å². The van der Waals surface area contributed by atoms with Crippen molar-refractivity contribution in [3.05, 3.63) is 23.7 Å². The molecule has 120 valence electrons. The van der Waals surface area contributed by atoms with E-state index >= 15 is 0 Å². The van der Waals surface area contributed by atoms with Crippen LogP contribution in [0.25, 0.3) is 0 Å². The minimum absolute atomic E-state index is 0.490. The number of carbonyl (C=O) groups excluding carboxylic acids is 1. The van der Waals surface area contributed by atoms with Crippen molar-refractivity contribution < 1.29 is 40.3 Å². The third-order valence-electron chi connectivity index (χ3n) is 2.67. The van der Waals surface area contributed by atoms with E-state index in [1.807, 2.05) is 5.32 Å². The summed E-state index contributed by atoms with van der Waals surface area (Å²) in [7, 11) is 1.92. The van der Waals surface area contributed by atoms with Gasteiger partial charge in [-0.2, -0.15) is 26.3 Å². The van der Waals surface area contributed by atoms with Gasteiger partial charge in [0.05, 0.1) is 13.2 Å². The molecule has 1 rings (SSSR count). The van der Waals surface area contributed by atoms with E-state index in [-0.39, 0.29) is 0 Å². The van der Waals surface area contributed by atoms with Crippen LogP contribution in [0.15, 0.2) is 16.5 Å². The van der Waals surface area contributed by atoms with Crippen molar-refractivity contribution in [2.75, 3.05) is 14.2 Å². The number of esters is 1. The Hall–Kier alpha value is -1.71. The summed E-state index contributed by atoms with van der Waals surface area (Å²) in [5, 5.41) is 1.92. The van der Waals surface area contributed by atoms with E-state index in [1.54, 1.807) is 0 Å². The molecule has 0 fully saturated rings. The fraction of sp³-hybridized carbons (Fsp3) is 0.545. The van der Waals surface area contributed by atoms with Crippen LogP contribution >= 0.6 is 0 Å². The van der Waals surface area contributed by atoms with Gasteiger partial charge in [-0.25, -0.2) is 4.79 Å². The zero-order valence-corrected chi connectivity index (χ0v) is 10.8. The zero-order chi connectivity index (χ0) is 16.4. The highest BCUT2D eigenvalue weighted by Gasteiger charge is 2.61. The summed E-state index contributed by atoms with van der Waals surface area (Å²) < 4.78 is 85.0. The maximum atomic E-state index is 12.7. The summed E-state index contributed by atoms with van der Waals surface area (Å²) in [6, 6.07) is -0.420. The molecule has 0 aliphatic heterocycles. The van der Waals surface area contributed by atoms with Gasteiger partial charge in [0.2, 0.25) is 5.76 Å². The summed E-state index contributed by atoms with van der Waals surface area (Å²) in [5.41, 5.74) is 0. The molecule has 1 aromatic rings. The molecule has 0 bridgehead atoms. The molecule has 4 nitrogen and oxygen atoms in total. The number of hydrogen-bond acceptors (Lipinski definition) is 4. The van der Waals surface area contributed by atoms with Gasteiger partial charge in [0, 0.05) is 0 Å². The van der Waals surface area contributed by atoms with E-state index in [9.17, 15) is 31.1 Å². The molecule has 1 aromatic heterocycles. The SMILES string of the molecule is CNC(c1ccc(C(=O)OC)o1)C(C(F)(F)F)C(F)(F)F. The Morgan fingerprint density at radius 3 is 2.10 bits per heavy atom. The molecule has 1 atom stereocenters. The number of hydrogen-bond donors (Lipinski definition) is 1. The fourth-order valence-corrected chi connectivity index (χ4v) is 1.77. The van der Waals surface area contributed by atoms with Gasteiger partial charge in [0.1, 0.15) is 5.76 Å². The molecule has 0 saturated heterocycles. The quantitative estimate of drug-likeness (QED) is 0.684. The standard InChI is InChI=1S/C11H11F6NO3/c1-18-7(8(10(12,13)14)11(15,16)17)5-3-4-6(21-5)9(19)20-2/h3-4,7-8,18H,1-2H3. The number of carbonyl (C=O) groups is 1. The molecule has 0 radical (unpaired) electrons. The van der Waals surface area contributed by atoms with Gasteiger partial charge in [-0.05, 0) is 19.2 Å². The van der Waals surface area contributed by atoms with Crippen LogP contribution in [0, 0.1) is 5.92 Å². The normalized spacial score (nSPS) is 14.3. The molecular weight excluding hydrogens is 308 g/mol. The Kier molecular flexibility index (Phi) is 4.92. The minimum Gasteiger partial charge on any atom is -0.463 e. The second-order valence-corrected chi connectivity index (χ2v) is 4.02. The third kappa shape index (κ3) is 3.90. The van der Waals surface area contributed by atoms with Crippen LogP contribution in [0.4, 0.5) is 26.3 Å². The van der Waals surface area contributed by atoms with E-state index in [1.165, 1.54) is 0 Å². The number of rotatable bonds is 4. The van der Waals surface area contributed by atoms with E-state index < -0.39 is 41.8 Å². The lowest BCUT2D eigenvalue weighted by atomic mass is 9.96. The lowest BCUT2D eigenvalue weighted by Crippen LogP contribution is -2.44. The van der Waals surface area contributed by atoms with Crippen molar-refractivity contribution in [3.63, 3.8) is 0 Å². The van der Waals surface area contributed by atoms with E-state index in [0.29, 0.717) is 0 Å². The highest BCUT2D eigenvalue weighted by atomic mass is 19.4. The topological polar surface area (TPSA) is 51.5 Å². The fourth-order valence-electron chi connectivity index (χ4n) is 1.77. The van der Waals surface area contributed by atoms with Crippen LogP contribution in [0.3, 0.4) is 0 Å². The first-order valence-corrected chi connectivity index (χ1v) is 5.51. The van der Waals surface area contributed by atoms with Crippen LogP contribution in [0.5, 0.6) is 0 Å². The number of alkyl halides is 6. The second kappa shape index (κ2) is 5.96. The van der Waals surface area contributed by atoms with Crippen molar-refractivity contribution >= 4 is 5.97 Å². The van der Waals surface area contributed by atoms with E-state index in [2.05, 4.69) is 4.74 Å². The Labute approximate surface area is 115 Å². The van der Waals surface area contributed by atoms with Gasteiger partial charge in [0.15, 0.2) is 5.92 Å². The maximum Gasteiger partial charge on any atom is 0.402 e. The van der Waals surface area contributed by atoms with Crippen molar-refractivity contribution in [1.29, 1.82) is 0 Å². The van der Waals surface area contributed by atoms with Gasteiger partial charge >= 0.3 is 18.3 Å². The van der Waals surface area contributed by atoms with Crippen LogP contribution in [-0.2, 0) is 4.74 Å². The molecule has 0 spiro atoms.